The predicted molar refractivity (Wildman–Crippen MR) is 93.0 cm³/mol. The molecule has 0 aliphatic carbocycles. The van der Waals surface area contributed by atoms with E-state index in [2.05, 4.69) is 15.5 Å². The molecule has 128 valence electrons. The minimum atomic E-state index is -0.352. The van der Waals surface area contributed by atoms with Crippen molar-refractivity contribution in [1.29, 1.82) is 0 Å². The van der Waals surface area contributed by atoms with Crippen molar-refractivity contribution in [2.45, 2.75) is 10.9 Å². The number of aromatic nitrogens is 4. The van der Waals surface area contributed by atoms with Crippen LogP contribution in [0, 0.1) is 0 Å². The van der Waals surface area contributed by atoms with E-state index in [0.29, 0.717) is 16.5 Å². The van der Waals surface area contributed by atoms with E-state index in [9.17, 15) is 4.79 Å². The first-order chi connectivity index (χ1) is 12.2. The summed E-state index contributed by atoms with van der Waals surface area (Å²) >= 11 is 1.48. The fourth-order valence-corrected chi connectivity index (χ4v) is 3.04. The summed E-state index contributed by atoms with van der Waals surface area (Å²) in [4.78, 5) is 11.6. The maximum Gasteiger partial charge on any atom is 0.337 e. The van der Waals surface area contributed by atoms with Gasteiger partial charge in [0, 0.05) is 5.75 Å². The molecule has 3 aromatic rings. The first-order valence-electron chi connectivity index (χ1n) is 7.44. The second kappa shape index (κ2) is 7.80. The number of nitrogens with zero attached hydrogens (tertiary/aromatic N) is 4. The van der Waals surface area contributed by atoms with Crippen LogP contribution in [0.1, 0.15) is 15.9 Å². The van der Waals surface area contributed by atoms with Crippen LogP contribution < -0.4 is 4.74 Å². The van der Waals surface area contributed by atoms with Gasteiger partial charge in [-0.1, -0.05) is 23.9 Å². The molecule has 25 heavy (non-hydrogen) atoms. The number of tetrazole rings is 1. The molecule has 0 spiro atoms. The standard InChI is InChI=1S/C17H16N4O3S/c1-23-15-8-6-14(7-9-15)21-17(18-19-20-21)25-11-12-4-3-5-13(10-12)16(22)24-2/h3-10H,11H2,1-2H3. The lowest BCUT2D eigenvalue weighted by atomic mass is 10.1. The topological polar surface area (TPSA) is 79.1 Å². The normalized spacial score (nSPS) is 10.5. The van der Waals surface area contributed by atoms with Crippen LogP contribution in [0.3, 0.4) is 0 Å². The third-order valence-electron chi connectivity index (χ3n) is 3.47. The van der Waals surface area contributed by atoms with Gasteiger partial charge in [-0.3, -0.25) is 0 Å². The summed E-state index contributed by atoms with van der Waals surface area (Å²) in [6.07, 6.45) is 0. The maximum absolute atomic E-state index is 11.6. The van der Waals surface area contributed by atoms with Crippen molar-refractivity contribution in [3.05, 3.63) is 59.7 Å². The summed E-state index contributed by atoms with van der Waals surface area (Å²) in [5.41, 5.74) is 2.35. The third kappa shape index (κ3) is 3.97. The summed E-state index contributed by atoms with van der Waals surface area (Å²) in [6.45, 7) is 0. The van der Waals surface area contributed by atoms with Crippen molar-refractivity contribution < 1.29 is 14.3 Å². The molecule has 0 saturated carbocycles. The van der Waals surface area contributed by atoms with E-state index in [0.717, 1.165) is 17.0 Å². The molecule has 0 N–H and O–H groups in total. The number of ether oxygens (including phenoxy) is 2. The maximum atomic E-state index is 11.6. The van der Waals surface area contributed by atoms with Gasteiger partial charge in [-0.05, 0) is 52.4 Å². The van der Waals surface area contributed by atoms with E-state index < -0.39 is 0 Å². The minimum Gasteiger partial charge on any atom is -0.497 e. The first kappa shape index (κ1) is 17.0. The van der Waals surface area contributed by atoms with Gasteiger partial charge >= 0.3 is 5.97 Å². The SMILES string of the molecule is COC(=O)c1cccc(CSc2nnnn2-c2ccc(OC)cc2)c1. The molecule has 7 nitrogen and oxygen atoms in total. The van der Waals surface area contributed by atoms with E-state index in [1.807, 2.05) is 36.4 Å². The Bertz CT molecular complexity index is 864. The molecule has 2 aromatic carbocycles. The number of hydrogen-bond acceptors (Lipinski definition) is 7. The Kier molecular flexibility index (Phi) is 5.30. The van der Waals surface area contributed by atoms with Crippen LogP contribution in [-0.2, 0) is 10.5 Å². The van der Waals surface area contributed by atoms with Gasteiger partial charge in [-0.25, -0.2) is 4.79 Å². The van der Waals surface area contributed by atoms with Gasteiger partial charge in [0.05, 0.1) is 25.5 Å². The summed E-state index contributed by atoms with van der Waals surface area (Å²) in [5.74, 6) is 1.04. The third-order valence-corrected chi connectivity index (χ3v) is 4.46. The quantitative estimate of drug-likeness (QED) is 0.496. The lowest BCUT2D eigenvalue weighted by molar-refractivity contribution is 0.0600. The molecular formula is C17H16N4O3S. The average molecular weight is 356 g/mol. The highest BCUT2D eigenvalue weighted by atomic mass is 32.2. The molecule has 0 amide bonds. The minimum absolute atomic E-state index is 0.352. The molecule has 0 atom stereocenters. The van der Waals surface area contributed by atoms with Crippen LogP contribution in [0.25, 0.3) is 5.69 Å². The second-order valence-electron chi connectivity index (χ2n) is 5.05. The molecular weight excluding hydrogens is 340 g/mol. The van der Waals surface area contributed by atoms with E-state index >= 15 is 0 Å². The van der Waals surface area contributed by atoms with Gasteiger partial charge in [-0.15, -0.1) is 5.10 Å². The van der Waals surface area contributed by atoms with Crippen molar-refractivity contribution in [2.75, 3.05) is 14.2 Å². The molecule has 0 bridgehead atoms. The van der Waals surface area contributed by atoms with Crippen LogP contribution in [0.2, 0.25) is 0 Å². The Labute approximate surface area is 149 Å². The van der Waals surface area contributed by atoms with Crippen LogP contribution in [0.15, 0.2) is 53.7 Å². The van der Waals surface area contributed by atoms with E-state index in [-0.39, 0.29) is 5.97 Å². The van der Waals surface area contributed by atoms with Gasteiger partial charge in [-0.2, -0.15) is 4.68 Å². The molecule has 8 heteroatoms. The number of esters is 1. The number of carbonyl (C=O) groups is 1. The number of thioether (sulfide) groups is 1. The fraction of sp³-hybridized carbons (Fsp3) is 0.176. The molecule has 0 saturated heterocycles. The Morgan fingerprint density at radius 3 is 2.68 bits per heavy atom. The lowest BCUT2D eigenvalue weighted by Crippen LogP contribution is -2.02. The fourth-order valence-electron chi connectivity index (χ4n) is 2.21. The predicted octanol–water partition coefficient (Wildman–Crippen LogP) is 2.75. The van der Waals surface area contributed by atoms with Crippen LogP contribution in [0.5, 0.6) is 5.75 Å². The Morgan fingerprint density at radius 1 is 1.16 bits per heavy atom. The lowest BCUT2D eigenvalue weighted by Gasteiger charge is -2.06. The van der Waals surface area contributed by atoms with Gasteiger partial charge in [0.1, 0.15) is 5.75 Å². The number of methoxy groups -OCH3 is 2. The van der Waals surface area contributed by atoms with Gasteiger partial charge in [0.25, 0.3) is 0 Å². The molecule has 0 aliphatic heterocycles. The molecule has 0 fully saturated rings. The van der Waals surface area contributed by atoms with E-state index in [1.54, 1.807) is 23.9 Å². The summed E-state index contributed by atoms with van der Waals surface area (Å²) in [5, 5.41) is 12.5. The molecule has 3 rings (SSSR count). The van der Waals surface area contributed by atoms with Gasteiger partial charge in [0.15, 0.2) is 0 Å². The van der Waals surface area contributed by atoms with Crippen molar-refractivity contribution in [3.63, 3.8) is 0 Å². The van der Waals surface area contributed by atoms with E-state index in [4.69, 9.17) is 9.47 Å². The van der Waals surface area contributed by atoms with Gasteiger partial charge < -0.3 is 9.47 Å². The number of hydrogen-bond donors (Lipinski definition) is 0. The van der Waals surface area contributed by atoms with Crippen molar-refractivity contribution >= 4 is 17.7 Å². The van der Waals surface area contributed by atoms with Crippen LogP contribution in [0.4, 0.5) is 0 Å². The summed E-state index contributed by atoms with van der Waals surface area (Å²) in [6, 6.07) is 14.8. The van der Waals surface area contributed by atoms with Crippen molar-refractivity contribution in [2.24, 2.45) is 0 Å². The number of rotatable bonds is 6. The van der Waals surface area contributed by atoms with E-state index in [1.165, 1.54) is 18.9 Å². The highest BCUT2D eigenvalue weighted by molar-refractivity contribution is 7.98. The van der Waals surface area contributed by atoms with Crippen molar-refractivity contribution in [1.82, 2.24) is 20.2 Å². The number of carbonyl (C=O) groups excluding carboxylic acids is 1. The largest absolute Gasteiger partial charge is 0.497 e. The highest BCUT2D eigenvalue weighted by Crippen LogP contribution is 2.24. The summed E-state index contributed by atoms with van der Waals surface area (Å²) < 4.78 is 11.6. The smallest absolute Gasteiger partial charge is 0.337 e. The summed E-state index contributed by atoms with van der Waals surface area (Å²) in [7, 11) is 2.99. The molecule has 0 aliphatic rings. The van der Waals surface area contributed by atoms with Gasteiger partial charge in [0.2, 0.25) is 5.16 Å². The van der Waals surface area contributed by atoms with Crippen molar-refractivity contribution in [3.8, 4) is 11.4 Å². The molecule has 1 heterocycles. The molecule has 1 aromatic heterocycles. The zero-order valence-corrected chi connectivity index (χ0v) is 14.6. The zero-order chi connectivity index (χ0) is 17.6. The first-order valence-corrected chi connectivity index (χ1v) is 8.42. The monoisotopic (exact) mass is 356 g/mol. The highest BCUT2D eigenvalue weighted by Gasteiger charge is 2.11. The Hall–Kier alpha value is -2.87. The van der Waals surface area contributed by atoms with Crippen LogP contribution >= 0.6 is 11.8 Å². The number of benzene rings is 2. The molecule has 0 radical (unpaired) electrons. The average Bonchev–Trinajstić information content (AvgIpc) is 3.14. The Balaban J connectivity index is 1.74. The zero-order valence-electron chi connectivity index (χ0n) is 13.7. The molecule has 0 unspecified atom stereocenters. The van der Waals surface area contributed by atoms with Crippen LogP contribution in [-0.4, -0.2) is 40.4 Å². The Morgan fingerprint density at radius 2 is 1.96 bits per heavy atom. The second-order valence-corrected chi connectivity index (χ2v) is 5.99.